The molecule has 2 saturated heterocycles. The zero-order valence-electron chi connectivity index (χ0n) is 13.0. The fourth-order valence-electron chi connectivity index (χ4n) is 3.28. The highest BCUT2D eigenvalue weighted by molar-refractivity contribution is 5.77. The summed E-state index contributed by atoms with van der Waals surface area (Å²) in [6.45, 7) is 5.13. The van der Waals surface area contributed by atoms with E-state index in [2.05, 4.69) is 19.1 Å². The number of ether oxygens (including phenoxy) is 1. The Hall–Kier alpha value is -2.04. The van der Waals surface area contributed by atoms with Crippen molar-refractivity contribution in [2.24, 2.45) is 0 Å². The van der Waals surface area contributed by atoms with Crippen LogP contribution in [-0.4, -0.2) is 54.6 Å². The van der Waals surface area contributed by atoms with E-state index in [0.717, 1.165) is 6.42 Å². The molecule has 0 aliphatic carbocycles. The lowest BCUT2D eigenvalue weighted by Crippen LogP contribution is -2.49. The van der Waals surface area contributed by atoms with Crippen molar-refractivity contribution in [3.8, 4) is 0 Å². The monoisotopic (exact) mass is 302 g/mol. The first-order chi connectivity index (χ1) is 10.6. The Bertz CT molecular complexity index is 560. The molecule has 118 valence electrons. The van der Waals surface area contributed by atoms with Crippen LogP contribution in [0.5, 0.6) is 0 Å². The van der Waals surface area contributed by atoms with Gasteiger partial charge < -0.3 is 14.5 Å². The second-order valence-electron chi connectivity index (χ2n) is 6.34. The number of amides is 2. The Labute approximate surface area is 130 Å². The molecule has 0 radical (unpaired) electrons. The highest BCUT2D eigenvalue weighted by atomic mass is 16.6. The molecule has 2 aliphatic rings. The smallest absolute Gasteiger partial charge is 0.409 e. The van der Waals surface area contributed by atoms with E-state index in [-0.39, 0.29) is 17.4 Å². The first kappa shape index (κ1) is 14.9. The summed E-state index contributed by atoms with van der Waals surface area (Å²) in [7, 11) is 0. The molecule has 2 heterocycles. The zero-order valence-corrected chi connectivity index (χ0v) is 13.0. The topological polar surface area (TPSA) is 49.9 Å². The van der Waals surface area contributed by atoms with Crippen LogP contribution in [0.25, 0.3) is 0 Å². The largest absolute Gasteiger partial charge is 0.448 e. The maximum atomic E-state index is 12.2. The van der Waals surface area contributed by atoms with Crippen LogP contribution in [0.15, 0.2) is 30.3 Å². The molecule has 0 aromatic heterocycles. The number of likely N-dealkylation sites (tertiary alicyclic amines) is 1. The number of hydrogen-bond donors (Lipinski definition) is 0. The summed E-state index contributed by atoms with van der Waals surface area (Å²) in [5, 5.41) is 0. The third-order valence-electron chi connectivity index (χ3n) is 4.74. The molecule has 0 spiro atoms. The van der Waals surface area contributed by atoms with E-state index in [1.807, 2.05) is 23.1 Å². The molecule has 2 amide bonds. The standard InChI is InChI=1S/C17H22N2O3/c1-17(14-5-3-2-4-6-14)8-7-15(20)19(13-17)10-9-18-11-12-22-16(18)21/h2-6H,7-13H2,1H3/t17-/m1/s1. The van der Waals surface area contributed by atoms with Crippen molar-refractivity contribution in [2.45, 2.75) is 25.2 Å². The van der Waals surface area contributed by atoms with Gasteiger partial charge in [0.15, 0.2) is 0 Å². The van der Waals surface area contributed by atoms with E-state index in [4.69, 9.17) is 4.74 Å². The summed E-state index contributed by atoms with van der Waals surface area (Å²) in [5.74, 6) is 0.181. The van der Waals surface area contributed by atoms with Crippen molar-refractivity contribution < 1.29 is 14.3 Å². The summed E-state index contributed by atoms with van der Waals surface area (Å²) in [6, 6.07) is 10.4. The Morgan fingerprint density at radius 1 is 1.14 bits per heavy atom. The van der Waals surface area contributed by atoms with E-state index < -0.39 is 0 Å². The number of cyclic esters (lactones) is 1. The van der Waals surface area contributed by atoms with Crippen molar-refractivity contribution in [3.05, 3.63) is 35.9 Å². The van der Waals surface area contributed by atoms with Crippen LogP contribution >= 0.6 is 0 Å². The van der Waals surface area contributed by atoms with Crippen molar-refractivity contribution in [1.29, 1.82) is 0 Å². The molecule has 0 N–H and O–H groups in total. The number of hydrogen-bond acceptors (Lipinski definition) is 3. The second-order valence-corrected chi connectivity index (χ2v) is 6.34. The lowest BCUT2D eigenvalue weighted by molar-refractivity contribution is -0.135. The van der Waals surface area contributed by atoms with Gasteiger partial charge in [-0.3, -0.25) is 4.79 Å². The summed E-state index contributed by atoms with van der Waals surface area (Å²) >= 11 is 0. The Balaban J connectivity index is 1.66. The lowest BCUT2D eigenvalue weighted by atomic mass is 9.76. The number of rotatable bonds is 4. The van der Waals surface area contributed by atoms with Gasteiger partial charge in [-0.15, -0.1) is 0 Å². The van der Waals surface area contributed by atoms with Crippen molar-refractivity contribution in [1.82, 2.24) is 9.80 Å². The van der Waals surface area contributed by atoms with E-state index in [1.165, 1.54) is 5.56 Å². The summed E-state index contributed by atoms with van der Waals surface area (Å²) in [4.78, 5) is 27.2. The predicted octanol–water partition coefficient (Wildman–Crippen LogP) is 2.02. The molecule has 2 aliphatic heterocycles. The van der Waals surface area contributed by atoms with Gasteiger partial charge in [0.25, 0.3) is 0 Å². The van der Waals surface area contributed by atoms with Gasteiger partial charge in [0.2, 0.25) is 5.91 Å². The van der Waals surface area contributed by atoms with Crippen LogP contribution in [0, 0.1) is 0 Å². The minimum absolute atomic E-state index is 0.0132. The second kappa shape index (κ2) is 5.99. The molecular formula is C17H22N2O3. The molecule has 0 saturated carbocycles. The van der Waals surface area contributed by atoms with Crippen LogP contribution in [-0.2, 0) is 14.9 Å². The highest BCUT2D eigenvalue weighted by Gasteiger charge is 2.36. The predicted molar refractivity (Wildman–Crippen MR) is 82.5 cm³/mol. The van der Waals surface area contributed by atoms with Gasteiger partial charge in [0, 0.05) is 31.5 Å². The fourth-order valence-corrected chi connectivity index (χ4v) is 3.28. The molecule has 1 atom stereocenters. The number of nitrogens with zero attached hydrogens (tertiary/aromatic N) is 2. The van der Waals surface area contributed by atoms with Crippen LogP contribution in [0.2, 0.25) is 0 Å². The van der Waals surface area contributed by atoms with Gasteiger partial charge >= 0.3 is 6.09 Å². The minimum Gasteiger partial charge on any atom is -0.448 e. The average Bonchev–Trinajstić information content (AvgIpc) is 2.94. The molecule has 3 rings (SSSR count). The summed E-state index contributed by atoms with van der Waals surface area (Å²) in [5.41, 5.74) is 1.26. The molecule has 22 heavy (non-hydrogen) atoms. The molecule has 5 nitrogen and oxygen atoms in total. The van der Waals surface area contributed by atoms with Crippen molar-refractivity contribution in [2.75, 3.05) is 32.8 Å². The fraction of sp³-hybridized carbons (Fsp3) is 0.529. The van der Waals surface area contributed by atoms with Gasteiger partial charge in [0.05, 0.1) is 6.54 Å². The first-order valence-electron chi connectivity index (χ1n) is 7.83. The molecule has 0 bridgehead atoms. The van der Waals surface area contributed by atoms with Crippen molar-refractivity contribution in [3.63, 3.8) is 0 Å². The van der Waals surface area contributed by atoms with Crippen molar-refractivity contribution >= 4 is 12.0 Å². The minimum atomic E-state index is -0.268. The maximum Gasteiger partial charge on any atom is 0.409 e. The highest BCUT2D eigenvalue weighted by Crippen LogP contribution is 2.33. The third kappa shape index (κ3) is 2.93. The molecule has 2 fully saturated rings. The molecular weight excluding hydrogens is 280 g/mol. The summed E-state index contributed by atoms with van der Waals surface area (Å²) in [6.07, 6.45) is 1.17. The molecule has 1 aromatic carbocycles. The lowest BCUT2D eigenvalue weighted by Gasteiger charge is -2.41. The average molecular weight is 302 g/mol. The van der Waals surface area contributed by atoms with E-state index >= 15 is 0 Å². The van der Waals surface area contributed by atoms with Crippen LogP contribution < -0.4 is 0 Å². The Morgan fingerprint density at radius 2 is 1.86 bits per heavy atom. The van der Waals surface area contributed by atoms with Gasteiger partial charge in [-0.05, 0) is 12.0 Å². The quantitative estimate of drug-likeness (QED) is 0.855. The van der Waals surface area contributed by atoms with Gasteiger partial charge in [-0.2, -0.15) is 0 Å². The summed E-state index contributed by atoms with van der Waals surface area (Å²) < 4.78 is 4.93. The molecule has 5 heteroatoms. The number of carbonyl (C=O) groups excluding carboxylic acids is 2. The van der Waals surface area contributed by atoms with Gasteiger partial charge in [-0.25, -0.2) is 4.79 Å². The normalized spacial score (nSPS) is 25.5. The Morgan fingerprint density at radius 3 is 2.55 bits per heavy atom. The van der Waals surface area contributed by atoms with Gasteiger partial charge in [0.1, 0.15) is 6.61 Å². The Kier molecular flexibility index (Phi) is 4.05. The molecule has 0 unspecified atom stereocenters. The van der Waals surface area contributed by atoms with Crippen LogP contribution in [0.4, 0.5) is 4.79 Å². The number of benzene rings is 1. The van der Waals surface area contributed by atoms with E-state index in [9.17, 15) is 9.59 Å². The number of carbonyl (C=O) groups is 2. The molecule has 1 aromatic rings. The first-order valence-corrected chi connectivity index (χ1v) is 7.83. The van der Waals surface area contributed by atoms with Gasteiger partial charge in [-0.1, -0.05) is 37.3 Å². The van der Waals surface area contributed by atoms with E-state index in [0.29, 0.717) is 39.2 Å². The number of piperidine rings is 1. The van der Waals surface area contributed by atoms with Crippen LogP contribution in [0.3, 0.4) is 0 Å². The maximum absolute atomic E-state index is 12.2. The van der Waals surface area contributed by atoms with E-state index in [1.54, 1.807) is 4.90 Å². The zero-order chi connectivity index (χ0) is 15.6. The third-order valence-corrected chi connectivity index (χ3v) is 4.74. The SMILES string of the molecule is C[C@@]1(c2ccccc2)CCC(=O)N(CCN2CCOC2=O)C1. The van der Waals surface area contributed by atoms with Crippen LogP contribution in [0.1, 0.15) is 25.3 Å².